The van der Waals surface area contributed by atoms with Gasteiger partial charge in [0.25, 0.3) is 0 Å². The third-order valence-corrected chi connectivity index (χ3v) is 3.88. The van der Waals surface area contributed by atoms with E-state index in [2.05, 4.69) is 35.0 Å². The van der Waals surface area contributed by atoms with Crippen LogP contribution in [0.3, 0.4) is 0 Å². The van der Waals surface area contributed by atoms with Crippen LogP contribution in [-0.4, -0.2) is 29.0 Å². The zero-order chi connectivity index (χ0) is 13.0. The lowest BCUT2D eigenvalue weighted by Gasteiger charge is -2.19. The van der Waals surface area contributed by atoms with E-state index in [4.69, 9.17) is 4.74 Å². The molecule has 1 fully saturated rings. The summed E-state index contributed by atoms with van der Waals surface area (Å²) >= 11 is 0. The first kappa shape index (κ1) is 13.6. The summed E-state index contributed by atoms with van der Waals surface area (Å²) in [5.41, 5.74) is 2.47. The molecule has 1 saturated carbocycles. The highest BCUT2D eigenvalue weighted by Crippen LogP contribution is 2.21. The molecule has 1 aliphatic carbocycles. The second-order valence-corrected chi connectivity index (χ2v) is 4.99. The van der Waals surface area contributed by atoms with Crippen molar-refractivity contribution < 1.29 is 4.74 Å². The summed E-state index contributed by atoms with van der Waals surface area (Å²) in [4.78, 5) is 0. The fourth-order valence-electron chi connectivity index (χ4n) is 2.78. The molecule has 2 rings (SSSR count). The van der Waals surface area contributed by atoms with Crippen molar-refractivity contribution in [2.24, 2.45) is 0 Å². The molecule has 2 atom stereocenters. The van der Waals surface area contributed by atoms with E-state index >= 15 is 0 Å². The van der Waals surface area contributed by atoms with Crippen LogP contribution in [-0.2, 0) is 24.2 Å². The maximum atomic E-state index is 5.51. The molecule has 0 spiro atoms. The van der Waals surface area contributed by atoms with E-state index in [0.29, 0.717) is 12.1 Å². The van der Waals surface area contributed by atoms with Crippen LogP contribution in [0.5, 0.6) is 0 Å². The first-order valence-corrected chi connectivity index (χ1v) is 7.10. The van der Waals surface area contributed by atoms with Gasteiger partial charge in [-0.1, -0.05) is 6.92 Å². The zero-order valence-corrected chi connectivity index (χ0v) is 11.8. The molecule has 4 heteroatoms. The number of ether oxygens (including phenoxy) is 1. The number of rotatable bonds is 6. The first-order valence-electron chi connectivity index (χ1n) is 7.10. The van der Waals surface area contributed by atoms with Gasteiger partial charge in [-0.2, -0.15) is 5.10 Å². The minimum absolute atomic E-state index is 0.383. The van der Waals surface area contributed by atoms with Gasteiger partial charge >= 0.3 is 0 Å². The van der Waals surface area contributed by atoms with Crippen LogP contribution in [0.4, 0.5) is 0 Å². The molecule has 0 aliphatic heterocycles. The Morgan fingerprint density at radius 2 is 2.28 bits per heavy atom. The molecule has 0 saturated heterocycles. The van der Waals surface area contributed by atoms with Crippen LogP contribution in [0.2, 0.25) is 0 Å². The number of methoxy groups -OCH3 is 1. The highest BCUT2D eigenvalue weighted by Gasteiger charge is 2.26. The predicted molar refractivity (Wildman–Crippen MR) is 72.6 cm³/mol. The molecule has 1 heterocycles. The maximum absolute atomic E-state index is 5.51. The SMILES string of the molecule is CCc1cc(CNC2CCCC2OC)n(CC)n1. The minimum Gasteiger partial charge on any atom is -0.380 e. The van der Waals surface area contributed by atoms with E-state index < -0.39 is 0 Å². The minimum atomic E-state index is 0.383. The third kappa shape index (κ3) is 2.93. The lowest BCUT2D eigenvalue weighted by molar-refractivity contribution is 0.0845. The fourth-order valence-corrected chi connectivity index (χ4v) is 2.78. The molecule has 0 amide bonds. The second kappa shape index (κ2) is 6.34. The van der Waals surface area contributed by atoms with Crippen LogP contribution >= 0.6 is 0 Å². The van der Waals surface area contributed by atoms with Gasteiger partial charge in [0.1, 0.15) is 0 Å². The Morgan fingerprint density at radius 3 is 2.94 bits per heavy atom. The van der Waals surface area contributed by atoms with Crippen LogP contribution in [0.15, 0.2) is 6.07 Å². The monoisotopic (exact) mass is 251 g/mol. The topological polar surface area (TPSA) is 39.1 Å². The standard InChI is InChI=1S/C14H25N3O/c1-4-11-9-12(17(5-2)16-11)10-15-13-7-6-8-14(13)18-3/h9,13-15H,4-8,10H2,1-3H3. The van der Waals surface area contributed by atoms with Crippen molar-refractivity contribution in [3.8, 4) is 0 Å². The van der Waals surface area contributed by atoms with Gasteiger partial charge in [0.15, 0.2) is 0 Å². The van der Waals surface area contributed by atoms with Crippen molar-refractivity contribution in [2.45, 2.75) is 64.8 Å². The lowest BCUT2D eigenvalue weighted by atomic mass is 10.2. The van der Waals surface area contributed by atoms with Crippen molar-refractivity contribution in [2.75, 3.05) is 7.11 Å². The van der Waals surface area contributed by atoms with Crippen LogP contribution in [0, 0.1) is 0 Å². The Balaban J connectivity index is 1.94. The molecule has 1 aromatic rings. The van der Waals surface area contributed by atoms with E-state index in [1.807, 2.05) is 7.11 Å². The van der Waals surface area contributed by atoms with Gasteiger partial charge in [-0.3, -0.25) is 4.68 Å². The first-order chi connectivity index (χ1) is 8.78. The summed E-state index contributed by atoms with van der Waals surface area (Å²) < 4.78 is 7.61. The molecule has 102 valence electrons. The largest absolute Gasteiger partial charge is 0.380 e. The van der Waals surface area contributed by atoms with E-state index in [1.165, 1.54) is 30.7 Å². The van der Waals surface area contributed by atoms with E-state index in [-0.39, 0.29) is 0 Å². The second-order valence-electron chi connectivity index (χ2n) is 4.99. The zero-order valence-electron chi connectivity index (χ0n) is 11.8. The summed E-state index contributed by atoms with van der Waals surface area (Å²) in [5.74, 6) is 0. The third-order valence-electron chi connectivity index (χ3n) is 3.88. The van der Waals surface area contributed by atoms with Crippen molar-refractivity contribution in [3.63, 3.8) is 0 Å². The molecule has 18 heavy (non-hydrogen) atoms. The van der Waals surface area contributed by atoms with Gasteiger partial charge in [0, 0.05) is 26.2 Å². The Kier molecular flexibility index (Phi) is 4.78. The molecule has 1 aromatic heterocycles. The number of aryl methyl sites for hydroxylation is 2. The van der Waals surface area contributed by atoms with Gasteiger partial charge < -0.3 is 10.1 Å². The average molecular weight is 251 g/mol. The molecule has 1 aliphatic rings. The summed E-state index contributed by atoms with van der Waals surface area (Å²) in [6, 6.07) is 2.72. The molecule has 0 radical (unpaired) electrons. The van der Waals surface area contributed by atoms with Crippen LogP contribution in [0.1, 0.15) is 44.5 Å². The van der Waals surface area contributed by atoms with Crippen molar-refractivity contribution in [1.29, 1.82) is 0 Å². The van der Waals surface area contributed by atoms with Crippen LogP contribution < -0.4 is 5.32 Å². The van der Waals surface area contributed by atoms with E-state index in [9.17, 15) is 0 Å². The average Bonchev–Trinajstić information content (AvgIpc) is 3.01. The Hall–Kier alpha value is -0.870. The summed E-state index contributed by atoms with van der Waals surface area (Å²) in [6.45, 7) is 6.13. The molecule has 2 unspecified atom stereocenters. The number of aromatic nitrogens is 2. The summed E-state index contributed by atoms with van der Waals surface area (Å²) in [6.07, 6.45) is 5.06. The highest BCUT2D eigenvalue weighted by atomic mass is 16.5. The Bertz CT molecular complexity index is 375. The highest BCUT2D eigenvalue weighted by molar-refractivity contribution is 5.10. The number of nitrogens with zero attached hydrogens (tertiary/aromatic N) is 2. The molecule has 4 nitrogen and oxygen atoms in total. The van der Waals surface area contributed by atoms with Gasteiger partial charge in [0.2, 0.25) is 0 Å². The van der Waals surface area contributed by atoms with Crippen molar-refractivity contribution >= 4 is 0 Å². The maximum Gasteiger partial charge on any atom is 0.0724 e. The van der Waals surface area contributed by atoms with Crippen LogP contribution in [0.25, 0.3) is 0 Å². The predicted octanol–water partition coefficient (Wildman–Crippen LogP) is 2.12. The Morgan fingerprint density at radius 1 is 1.44 bits per heavy atom. The normalized spacial score (nSPS) is 23.7. The number of hydrogen-bond donors (Lipinski definition) is 1. The molecule has 0 bridgehead atoms. The molecule has 0 aromatic carbocycles. The fraction of sp³-hybridized carbons (Fsp3) is 0.786. The smallest absolute Gasteiger partial charge is 0.0724 e. The molecular formula is C14H25N3O. The molecule has 1 N–H and O–H groups in total. The summed E-state index contributed by atoms with van der Waals surface area (Å²) in [5, 5.41) is 8.20. The lowest BCUT2D eigenvalue weighted by Crippen LogP contribution is -2.36. The molecular weight excluding hydrogens is 226 g/mol. The van der Waals surface area contributed by atoms with Crippen molar-refractivity contribution in [3.05, 3.63) is 17.5 Å². The number of nitrogens with one attached hydrogen (secondary N) is 1. The van der Waals surface area contributed by atoms with Crippen molar-refractivity contribution in [1.82, 2.24) is 15.1 Å². The summed E-state index contributed by atoms with van der Waals surface area (Å²) in [7, 11) is 1.82. The van der Waals surface area contributed by atoms with Gasteiger partial charge in [-0.15, -0.1) is 0 Å². The van der Waals surface area contributed by atoms with Gasteiger partial charge in [0.05, 0.1) is 17.5 Å². The Labute approximate surface area is 110 Å². The van der Waals surface area contributed by atoms with Gasteiger partial charge in [-0.05, 0) is 38.7 Å². The van der Waals surface area contributed by atoms with E-state index in [0.717, 1.165) is 19.5 Å². The number of hydrogen-bond acceptors (Lipinski definition) is 3. The van der Waals surface area contributed by atoms with E-state index in [1.54, 1.807) is 0 Å². The quantitative estimate of drug-likeness (QED) is 0.842. The van der Waals surface area contributed by atoms with Gasteiger partial charge in [-0.25, -0.2) is 0 Å².